The molecule has 5 heteroatoms. The van der Waals surface area contributed by atoms with E-state index in [0.717, 1.165) is 49.5 Å². The third-order valence-corrected chi connectivity index (χ3v) is 4.12. The van der Waals surface area contributed by atoms with E-state index in [0.29, 0.717) is 12.4 Å². The highest BCUT2D eigenvalue weighted by Crippen LogP contribution is 2.26. The summed E-state index contributed by atoms with van der Waals surface area (Å²) in [6, 6.07) is 12.2. The van der Waals surface area contributed by atoms with Crippen LogP contribution in [0.3, 0.4) is 0 Å². The van der Waals surface area contributed by atoms with Crippen LogP contribution in [0.15, 0.2) is 42.5 Å². The monoisotopic (exact) mass is 331 g/mol. The molecular formula is C19H22FNO3. The molecule has 0 saturated carbocycles. The summed E-state index contributed by atoms with van der Waals surface area (Å²) in [6.07, 6.45) is 0. The highest BCUT2D eigenvalue weighted by Gasteiger charge is 2.10. The Morgan fingerprint density at radius 3 is 2.50 bits per heavy atom. The number of halogens is 1. The average Bonchev–Trinajstić information content (AvgIpc) is 2.62. The number of nitrogens with zero attached hydrogens (tertiary/aromatic N) is 1. The molecule has 0 aliphatic carbocycles. The Hall–Kier alpha value is -1.95. The van der Waals surface area contributed by atoms with Gasteiger partial charge >= 0.3 is 0 Å². The molecule has 1 heterocycles. The number of hydrogen-bond acceptors (Lipinski definition) is 4. The zero-order valence-electron chi connectivity index (χ0n) is 13.6. The topological polar surface area (TPSA) is 41.9 Å². The van der Waals surface area contributed by atoms with E-state index in [9.17, 15) is 4.39 Å². The molecule has 4 nitrogen and oxygen atoms in total. The molecule has 3 rings (SSSR count). The van der Waals surface area contributed by atoms with Crippen LogP contribution in [0.25, 0.3) is 11.1 Å². The van der Waals surface area contributed by atoms with Gasteiger partial charge < -0.3 is 14.6 Å². The summed E-state index contributed by atoms with van der Waals surface area (Å²) < 4.78 is 24.9. The number of hydrogen-bond donors (Lipinski definition) is 1. The second-order valence-electron chi connectivity index (χ2n) is 5.83. The summed E-state index contributed by atoms with van der Waals surface area (Å²) >= 11 is 0. The molecule has 0 radical (unpaired) electrons. The van der Waals surface area contributed by atoms with E-state index in [1.54, 1.807) is 0 Å². The van der Waals surface area contributed by atoms with Crippen molar-refractivity contribution < 1.29 is 19.0 Å². The second-order valence-corrected chi connectivity index (χ2v) is 5.83. The second kappa shape index (κ2) is 8.24. The molecular weight excluding hydrogens is 309 g/mol. The van der Waals surface area contributed by atoms with Crippen LogP contribution in [0.4, 0.5) is 4.39 Å². The molecule has 2 aromatic rings. The number of ether oxygens (including phenoxy) is 2. The van der Waals surface area contributed by atoms with Gasteiger partial charge in [0.05, 0.1) is 19.8 Å². The fraction of sp³-hybridized carbons (Fsp3) is 0.368. The van der Waals surface area contributed by atoms with Crippen LogP contribution in [-0.4, -0.2) is 49.5 Å². The Bertz CT molecular complexity index is 654. The summed E-state index contributed by atoms with van der Waals surface area (Å²) in [7, 11) is 0. The number of aliphatic hydroxyl groups excluding tert-OH is 1. The van der Waals surface area contributed by atoms with Crippen LogP contribution in [0.1, 0.15) is 5.56 Å². The van der Waals surface area contributed by atoms with Gasteiger partial charge in [0.1, 0.15) is 18.2 Å². The van der Waals surface area contributed by atoms with E-state index in [2.05, 4.69) is 4.90 Å². The first-order valence-corrected chi connectivity index (χ1v) is 8.18. The maximum absolute atomic E-state index is 13.9. The van der Waals surface area contributed by atoms with E-state index >= 15 is 0 Å². The number of aliphatic hydroxyl groups is 1. The van der Waals surface area contributed by atoms with Gasteiger partial charge in [0.25, 0.3) is 0 Å². The summed E-state index contributed by atoms with van der Waals surface area (Å²) in [5.41, 5.74) is 2.49. The van der Waals surface area contributed by atoms with E-state index < -0.39 is 0 Å². The SMILES string of the molecule is OCc1ccc(-c2cc(F)cc(OCCN3CCOCC3)c2)cc1. The smallest absolute Gasteiger partial charge is 0.127 e. The number of benzene rings is 2. The minimum absolute atomic E-state index is 0.000663. The predicted molar refractivity (Wildman–Crippen MR) is 90.5 cm³/mol. The lowest BCUT2D eigenvalue weighted by atomic mass is 10.0. The first-order chi connectivity index (χ1) is 11.7. The molecule has 0 unspecified atom stereocenters. The lowest BCUT2D eigenvalue weighted by molar-refractivity contribution is 0.0322. The van der Waals surface area contributed by atoms with Crippen molar-refractivity contribution in [2.45, 2.75) is 6.61 Å². The standard InChI is InChI=1S/C19H22FNO3/c20-18-11-17(16-3-1-15(14-22)2-4-16)12-19(13-18)24-10-7-21-5-8-23-9-6-21/h1-4,11-13,22H,5-10,14H2. The molecule has 0 aromatic heterocycles. The van der Waals surface area contributed by atoms with Gasteiger partial charge in [-0.15, -0.1) is 0 Å². The minimum atomic E-state index is -0.319. The third kappa shape index (κ3) is 4.54. The van der Waals surface area contributed by atoms with Crippen LogP contribution in [0, 0.1) is 5.82 Å². The average molecular weight is 331 g/mol. The van der Waals surface area contributed by atoms with E-state index in [1.807, 2.05) is 30.3 Å². The Morgan fingerprint density at radius 2 is 1.79 bits per heavy atom. The van der Waals surface area contributed by atoms with Gasteiger partial charge in [-0.05, 0) is 28.8 Å². The predicted octanol–water partition coefficient (Wildman–Crippen LogP) is 2.70. The van der Waals surface area contributed by atoms with Crippen molar-refractivity contribution in [2.75, 3.05) is 39.5 Å². The molecule has 128 valence electrons. The van der Waals surface area contributed by atoms with Gasteiger partial charge in [0.2, 0.25) is 0 Å². The van der Waals surface area contributed by atoms with Crippen molar-refractivity contribution in [2.24, 2.45) is 0 Å². The van der Waals surface area contributed by atoms with Crippen molar-refractivity contribution in [1.82, 2.24) is 4.90 Å². The van der Waals surface area contributed by atoms with E-state index in [4.69, 9.17) is 14.6 Å². The summed E-state index contributed by atoms with van der Waals surface area (Å²) in [5, 5.41) is 9.10. The van der Waals surface area contributed by atoms with Gasteiger partial charge in [0, 0.05) is 25.7 Å². The number of morpholine rings is 1. The van der Waals surface area contributed by atoms with Crippen molar-refractivity contribution in [3.63, 3.8) is 0 Å². The Morgan fingerprint density at radius 1 is 1.04 bits per heavy atom. The molecule has 24 heavy (non-hydrogen) atoms. The van der Waals surface area contributed by atoms with Gasteiger partial charge in [-0.1, -0.05) is 24.3 Å². The largest absolute Gasteiger partial charge is 0.492 e. The molecule has 2 aromatic carbocycles. The zero-order valence-corrected chi connectivity index (χ0v) is 13.6. The number of rotatable bonds is 6. The third-order valence-electron chi connectivity index (χ3n) is 4.12. The molecule has 0 amide bonds. The quantitative estimate of drug-likeness (QED) is 0.884. The van der Waals surface area contributed by atoms with Crippen LogP contribution < -0.4 is 4.74 Å². The highest BCUT2D eigenvalue weighted by molar-refractivity contribution is 5.65. The fourth-order valence-corrected chi connectivity index (χ4v) is 2.73. The van der Waals surface area contributed by atoms with Crippen LogP contribution in [0.2, 0.25) is 0 Å². The minimum Gasteiger partial charge on any atom is -0.492 e. The fourth-order valence-electron chi connectivity index (χ4n) is 2.73. The van der Waals surface area contributed by atoms with E-state index in [1.165, 1.54) is 12.1 Å². The van der Waals surface area contributed by atoms with Crippen LogP contribution in [-0.2, 0) is 11.3 Å². The van der Waals surface area contributed by atoms with Crippen molar-refractivity contribution >= 4 is 0 Å². The van der Waals surface area contributed by atoms with Gasteiger partial charge in [0.15, 0.2) is 0 Å². The van der Waals surface area contributed by atoms with Crippen molar-refractivity contribution in [3.8, 4) is 16.9 Å². The van der Waals surface area contributed by atoms with Crippen molar-refractivity contribution in [3.05, 3.63) is 53.8 Å². The zero-order chi connectivity index (χ0) is 16.8. The van der Waals surface area contributed by atoms with E-state index in [-0.39, 0.29) is 12.4 Å². The molecule has 1 aliphatic heterocycles. The first kappa shape index (κ1) is 16.9. The maximum atomic E-state index is 13.9. The Kier molecular flexibility index (Phi) is 5.80. The Labute approximate surface area is 141 Å². The lowest BCUT2D eigenvalue weighted by Gasteiger charge is -2.26. The summed E-state index contributed by atoms with van der Waals surface area (Å²) in [4.78, 5) is 2.28. The first-order valence-electron chi connectivity index (χ1n) is 8.18. The molecule has 0 bridgehead atoms. The normalized spacial score (nSPS) is 15.4. The molecule has 1 aliphatic rings. The summed E-state index contributed by atoms with van der Waals surface area (Å²) in [5.74, 6) is 0.213. The summed E-state index contributed by atoms with van der Waals surface area (Å²) in [6.45, 7) is 4.66. The molecule has 0 spiro atoms. The maximum Gasteiger partial charge on any atom is 0.127 e. The molecule has 1 saturated heterocycles. The van der Waals surface area contributed by atoms with Gasteiger partial charge in [-0.3, -0.25) is 4.90 Å². The lowest BCUT2D eigenvalue weighted by Crippen LogP contribution is -2.38. The molecule has 1 fully saturated rings. The van der Waals surface area contributed by atoms with Gasteiger partial charge in [-0.25, -0.2) is 4.39 Å². The van der Waals surface area contributed by atoms with Crippen LogP contribution in [0.5, 0.6) is 5.75 Å². The molecule has 1 N–H and O–H groups in total. The van der Waals surface area contributed by atoms with Crippen molar-refractivity contribution in [1.29, 1.82) is 0 Å². The highest BCUT2D eigenvalue weighted by atomic mass is 19.1. The van der Waals surface area contributed by atoms with Crippen LogP contribution >= 0.6 is 0 Å². The molecule has 0 atom stereocenters. The van der Waals surface area contributed by atoms with Gasteiger partial charge in [-0.2, -0.15) is 0 Å². The Balaban J connectivity index is 1.64.